The van der Waals surface area contributed by atoms with E-state index in [2.05, 4.69) is 28.6 Å². The number of aryl methyl sites for hydroxylation is 1. The first-order valence-electron chi connectivity index (χ1n) is 8.66. The van der Waals surface area contributed by atoms with Gasteiger partial charge in [0.15, 0.2) is 0 Å². The third-order valence-electron chi connectivity index (χ3n) is 4.89. The van der Waals surface area contributed by atoms with Crippen LogP contribution in [0.25, 0.3) is 11.0 Å². The fourth-order valence-electron chi connectivity index (χ4n) is 3.44. The van der Waals surface area contributed by atoms with Crippen molar-refractivity contribution in [2.24, 2.45) is 7.05 Å². The molecule has 5 nitrogen and oxygen atoms in total. The molecular weight excluding hydrogens is 332 g/mol. The minimum atomic E-state index is 0.158. The fourth-order valence-corrected chi connectivity index (χ4v) is 4.07. The Balaban J connectivity index is 1.44. The van der Waals surface area contributed by atoms with Gasteiger partial charge in [-0.15, -0.1) is 0 Å². The zero-order chi connectivity index (χ0) is 17.2. The van der Waals surface area contributed by atoms with Crippen LogP contribution < -0.4 is 0 Å². The Morgan fingerprint density at radius 2 is 2.04 bits per heavy atom. The summed E-state index contributed by atoms with van der Waals surface area (Å²) < 4.78 is 2.18. The summed E-state index contributed by atoms with van der Waals surface area (Å²) >= 11 is 1.57. The van der Waals surface area contributed by atoms with Gasteiger partial charge in [0.25, 0.3) is 5.91 Å². The number of para-hydroxylation sites is 2. The summed E-state index contributed by atoms with van der Waals surface area (Å²) in [5.74, 6) is 1.24. The molecule has 0 aliphatic carbocycles. The van der Waals surface area contributed by atoms with Gasteiger partial charge in [-0.2, -0.15) is 11.3 Å². The Morgan fingerprint density at radius 1 is 1.16 bits per heavy atom. The number of amides is 1. The number of aromatic nitrogens is 2. The predicted molar refractivity (Wildman–Crippen MR) is 101 cm³/mol. The number of thiophene rings is 1. The van der Waals surface area contributed by atoms with E-state index in [-0.39, 0.29) is 5.91 Å². The summed E-state index contributed by atoms with van der Waals surface area (Å²) in [4.78, 5) is 21.7. The number of carbonyl (C=O) groups excluding carboxylic acids is 1. The van der Waals surface area contributed by atoms with Crippen molar-refractivity contribution < 1.29 is 4.79 Å². The van der Waals surface area contributed by atoms with Gasteiger partial charge in [0.2, 0.25) is 0 Å². The van der Waals surface area contributed by atoms with E-state index in [4.69, 9.17) is 4.98 Å². The van der Waals surface area contributed by atoms with Gasteiger partial charge >= 0.3 is 0 Å². The number of nitrogens with zero attached hydrogens (tertiary/aromatic N) is 4. The Hall–Kier alpha value is -2.18. The fraction of sp³-hybridized carbons (Fsp3) is 0.368. The first kappa shape index (κ1) is 16.3. The first-order chi connectivity index (χ1) is 12.2. The van der Waals surface area contributed by atoms with Crippen LogP contribution >= 0.6 is 11.3 Å². The highest BCUT2D eigenvalue weighted by molar-refractivity contribution is 7.08. The molecule has 4 rings (SSSR count). The minimum Gasteiger partial charge on any atom is -0.337 e. The molecule has 1 aliphatic heterocycles. The van der Waals surface area contributed by atoms with Crippen LogP contribution in [0.3, 0.4) is 0 Å². The summed E-state index contributed by atoms with van der Waals surface area (Å²) in [6.07, 6.45) is 1.000. The lowest BCUT2D eigenvalue weighted by Gasteiger charge is -2.21. The third kappa shape index (κ3) is 3.32. The molecule has 3 heterocycles. The molecule has 1 aliphatic rings. The number of hydrogen-bond donors (Lipinski definition) is 0. The standard InChI is InChI=1S/C19H22N4OS/c1-21-17-6-3-2-5-16(17)20-18(21)13-22-8-4-9-23(11-10-22)19(24)15-7-12-25-14-15/h2-3,5-7,12,14H,4,8-11,13H2,1H3. The second kappa shape index (κ2) is 6.98. The van der Waals surface area contributed by atoms with Crippen LogP contribution in [-0.2, 0) is 13.6 Å². The van der Waals surface area contributed by atoms with Gasteiger partial charge in [0.05, 0.1) is 23.1 Å². The zero-order valence-corrected chi connectivity index (χ0v) is 15.2. The summed E-state index contributed by atoms with van der Waals surface area (Å²) in [6, 6.07) is 10.2. The molecule has 1 aromatic carbocycles. The predicted octanol–water partition coefficient (Wildman–Crippen LogP) is 2.98. The second-order valence-electron chi connectivity index (χ2n) is 6.51. The van der Waals surface area contributed by atoms with Crippen molar-refractivity contribution in [1.29, 1.82) is 0 Å². The molecule has 1 amide bonds. The first-order valence-corrected chi connectivity index (χ1v) is 9.61. The van der Waals surface area contributed by atoms with E-state index in [0.717, 1.165) is 56.0 Å². The van der Waals surface area contributed by atoms with Crippen LogP contribution in [0.5, 0.6) is 0 Å². The summed E-state index contributed by atoms with van der Waals surface area (Å²) in [7, 11) is 2.08. The number of benzene rings is 1. The van der Waals surface area contributed by atoms with Crippen LogP contribution in [0.1, 0.15) is 22.6 Å². The smallest absolute Gasteiger partial charge is 0.254 e. The van der Waals surface area contributed by atoms with Crippen LogP contribution in [0, 0.1) is 0 Å². The van der Waals surface area contributed by atoms with Gasteiger partial charge < -0.3 is 9.47 Å². The Morgan fingerprint density at radius 3 is 2.84 bits per heavy atom. The summed E-state index contributed by atoms with van der Waals surface area (Å²) in [6.45, 7) is 4.31. The summed E-state index contributed by atoms with van der Waals surface area (Å²) in [5, 5.41) is 3.90. The minimum absolute atomic E-state index is 0.158. The molecular formula is C19H22N4OS. The van der Waals surface area contributed by atoms with Crippen molar-refractivity contribution in [3.05, 3.63) is 52.5 Å². The molecule has 2 aromatic heterocycles. The molecule has 0 spiro atoms. The average Bonchev–Trinajstić information content (AvgIpc) is 3.19. The van der Waals surface area contributed by atoms with E-state index in [0.29, 0.717) is 0 Å². The monoisotopic (exact) mass is 354 g/mol. The Bertz CT molecular complexity index is 871. The molecule has 6 heteroatoms. The van der Waals surface area contributed by atoms with Crippen molar-refractivity contribution in [1.82, 2.24) is 19.4 Å². The zero-order valence-electron chi connectivity index (χ0n) is 14.4. The molecule has 0 atom stereocenters. The van der Waals surface area contributed by atoms with Gasteiger partial charge in [-0.1, -0.05) is 12.1 Å². The molecule has 1 fully saturated rings. The lowest BCUT2D eigenvalue weighted by Crippen LogP contribution is -2.35. The van der Waals surface area contributed by atoms with E-state index in [1.165, 1.54) is 5.52 Å². The average molecular weight is 354 g/mol. The van der Waals surface area contributed by atoms with E-state index >= 15 is 0 Å². The number of fused-ring (bicyclic) bond motifs is 1. The number of imidazole rings is 1. The summed E-state index contributed by atoms with van der Waals surface area (Å²) in [5.41, 5.74) is 3.03. The highest BCUT2D eigenvalue weighted by Crippen LogP contribution is 2.17. The Kier molecular flexibility index (Phi) is 4.55. The van der Waals surface area contributed by atoms with Crippen molar-refractivity contribution in [2.75, 3.05) is 26.2 Å². The van der Waals surface area contributed by atoms with Crippen LogP contribution in [0.2, 0.25) is 0 Å². The van der Waals surface area contributed by atoms with Crippen molar-refractivity contribution in [3.8, 4) is 0 Å². The maximum Gasteiger partial charge on any atom is 0.254 e. The van der Waals surface area contributed by atoms with Crippen molar-refractivity contribution >= 4 is 28.3 Å². The molecule has 0 bridgehead atoms. The quantitative estimate of drug-likeness (QED) is 0.726. The van der Waals surface area contributed by atoms with Gasteiger partial charge in [-0.3, -0.25) is 9.69 Å². The molecule has 130 valence electrons. The normalized spacial score (nSPS) is 16.3. The molecule has 0 saturated carbocycles. The van der Waals surface area contributed by atoms with Crippen molar-refractivity contribution in [3.63, 3.8) is 0 Å². The van der Waals surface area contributed by atoms with Crippen molar-refractivity contribution in [2.45, 2.75) is 13.0 Å². The molecule has 1 saturated heterocycles. The highest BCUT2D eigenvalue weighted by Gasteiger charge is 2.21. The van der Waals surface area contributed by atoms with Gasteiger partial charge in [-0.25, -0.2) is 4.98 Å². The maximum absolute atomic E-state index is 12.5. The topological polar surface area (TPSA) is 41.4 Å². The lowest BCUT2D eigenvalue weighted by atomic mass is 10.3. The Labute approximate surface area is 151 Å². The maximum atomic E-state index is 12.5. The number of hydrogen-bond acceptors (Lipinski definition) is 4. The van der Waals surface area contributed by atoms with Gasteiger partial charge in [0, 0.05) is 38.6 Å². The lowest BCUT2D eigenvalue weighted by molar-refractivity contribution is 0.0761. The van der Waals surface area contributed by atoms with Gasteiger partial charge in [0.1, 0.15) is 5.82 Å². The van der Waals surface area contributed by atoms with E-state index in [1.807, 2.05) is 33.9 Å². The second-order valence-corrected chi connectivity index (χ2v) is 7.29. The van der Waals surface area contributed by atoms with Gasteiger partial charge in [-0.05, 0) is 30.0 Å². The van der Waals surface area contributed by atoms with E-state index in [1.54, 1.807) is 11.3 Å². The molecule has 3 aromatic rings. The van der Waals surface area contributed by atoms with Crippen LogP contribution in [-0.4, -0.2) is 51.4 Å². The molecule has 0 N–H and O–H groups in total. The van der Waals surface area contributed by atoms with Crippen LogP contribution in [0.15, 0.2) is 41.1 Å². The van der Waals surface area contributed by atoms with Crippen LogP contribution in [0.4, 0.5) is 0 Å². The number of rotatable bonds is 3. The highest BCUT2D eigenvalue weighted by atomic mass is 32.1. The third-order valence-corrected chi connectivity index (χ3v) is 5.57. The van der Waals surface area contributed by atoms with E-state index < -0.39 is 0 Å². The number of carbonyl (C=O) groups is 1. The largest absolute Gasteiger partial charge is 0.337 e. The molecule has 0 unspecified atom stereocenters. The molecule has 25 heavy (non-hydrogen) atoms. The van der Waals surface area contributed by atoms with E-state index in [9.17, 15) is 4.79 Å². The SMILES string of the molecule is Cn1c(CN2CCCN(C(=O)c3ccsc3)CC2)nc2ccccc21. The molecule has 0 radical (unpaired) electrons.